The molecule has 1 unspecified atom stereocenters. The van der Waals surface area contributed by atoms with Gasteiger partial charge in [-0.1, -0.05) is 6.92 Å². The molecule has 0 aromatic carbocycles. The van der Waals surface area contributed by atoms with Gasteiger partial charge >= 0.3 is 5.97 Å². The van der Waals surface area contributed by atoms with Crippen LogP contribution in [0.2, 0.25) is 0 Å². The average molecular weight is 217 g/mol. The van der Waals surface area contributed by atoms with Crippen LogP contribution in [0.1, 0.15) is 26.2 Å². The average Bonchev–Trinajstić information content (AvgIpc) is 2.85. The smallest absolute Gasteiger partial charge is 0.329 e. The predicted octanol–water partition coefficient (Wildman–Crippen LogP) is 0.861. The number of carbonyl (C=O) groups is 2. The van der Waals surface area contributed by atoms with Gasteiger partial charge in [-0.2, -0.15) is 11.8 Å². The number of carboxylic acids is 1. The second-order valence-corrected chi connectivity index (χ2v) is 4.96. The van der Waals surface area contributed by atoms with E-state index in [9.17, 15) is 9.59 Å². The summed E-state index contributed by atoms with van der Waals surface area (Å²) in [4.78, 5) is 22.1. The molecule has 1 rings (SSSR count). The molecule has 14 heavy (non-hydrogen) atoms. The summed E-state index contributed by atoms with van der Waals surface area (Å²) in [5.41, 5.74) is -0.935. The topological polar surface area (TPSA) is 66.4 Å². The second-order valence-electron chi connectivity index (χ2n) is 3.69. The molecule has 0 bridgehead atoms. The van der Waals surface area contributed by atoms with Gasteiger partial charge in [0.2, 0.25) is 5.91 Å². The Balaban J connectivity index is 2.38. The summed E-state index contributed by atoms with van der Waals surface area (Å²) in [5.74, 6) is -1.07. The van der Waals surface area contributed by atoms with E-state index in [1.54, 1.807) is 11.8 Å². The second kappa shape index (κ2) is 4.21. The molecule has 1 aliphatic carbocycles. The van der Waals surface area contributed by atoms with Crippen LogP contribution in [0.4, 0.5) is 0 Å². The van der Waals surface area contributed by atoms with Crippen molar-refractivity contribution in [2.45, 2.75) is 37.0 Å². The number of hydrogen-bond donors (Lipinski definition) is 2. The third kappa shape index (κ3) is 2.64. The van der Waals surface area contributed by atoms with Gasteiger partial charge in [-0.15, -0.1) is 0 Å². The molecular weight excluding hydrogens is 202 g/mol. The summed E-state index contributed by atoms with van der Waals surface area (Å²) in [6.45, 7) is 1.95. The van der Waals surface area contributed by atoms with Crippen LogP contribution in [0.5, 0.6) is 0 Å². The van der Waals surface area contributed by atoms with Gasteiger partial charge in [-0.05, 0) is 19.1 Å². The van der Waals surface area contributed by atoms with Crippen LogP contribution in [0, 0.1) is 0 Å². The molecule has 0 aliphatic heterocycles. The molecule has 0 radical (unpaired) electrons. The molecule has 1 fully saturated rings. The number of amides is 1. The highest BCUT2D eigenvalue weighted by Crippen LogP contribution is 2.35. The van der Waals surface area contributed by atoms with Crippen molar-refractivity contribution < 1.29 is 14.7 Å². The monoisotopic (exact) mass is 217 g/mol. The minimum Gasteiger partial charge on any atom is -0.480 e. The number of rotatable bonds is 5. The highest BCUT2D eigenvalue weighted by molar-refractivity contribution is 7.99. The third-order valence-electron chi connectivity index (χ3n) is 2.41. The van der Waals surface area contributed by atoms with Gasteiger partial charge in [-0.3, -0.25) is 4.79 Å². The van der Waals surface area contributed by atoms with Gasteiger partial charge in [-0.25, -0.2) is 4.79 Å². The van der Waals surface area contributed by atoms with Gasteiger partial charge in [0.15, 0.2) is 0 Å². The molecule has 0 spiro atoms. The summed E-state index contributed by atoms with van der Waals surface area (Å²) < 4.78 is 0. The first-order valence-electron chi connectivity index (χ1n) is 4.57. The lowest BCUT2D eigenvalue weighted by molar-refractivity contribution is -0.143. The minimum atomic E-state index is -0.935. The zero-order chi connectivity index (χ0) is 10.8. The first-order chi connectivity index (χ1) is 6.50. The van der Waals surface area contributed by atoms with Gasteiger partial charge in [0, 0.05) is 11.7 Å². The fourth-order valence-electron chi connectivity index (χ4n) is 1.18. The van der Waals surface area contributed by atoms with Crippen LogP contribution in [-0.4, -0.2) is 34.0 Å². The van der Waals surface area contributed by atoms with Crippen molar-refractivity contribution in [2.24, 2.45) is 0 Å². The Morgan fingerprint density at radius 3 is 2.50 bits per heavy atom. The molecular formula is C9H15NO3S. The number of thioether (sulfide) groups is 1. The predicted molar refractivity (Wildman–Crippen MR) is 55.3 cm³/mol. The summed E-state index contributed by atoms with van der Waals surface area (Å²) in [6, 6.07) is 0. The Kier molecular flexibility index (Phi) is 3.42. The summed E-state index contributed by atoms with van der Waals surface area (Å²) in [6.07, 6.45) is 3.43. The van der Waals surface area contributed by atoms with E-state index in [1.807, 2.05) is 13.2 Å². The molecule has 1 atom stereocenters. The fourth-order valence-corrected chi connectivity index (χ4v) is 1.50. The summed E-state index contributed by atoms with van der Waals surface area (Å²) in [7, 11) is 0. The van der Waals surface area contributed by atoms with Crippen LogP contribution < -0.4 is 5.32 Å². The SMILES string of the molecule is CSC(C)CC(=O)NC1(C(=O)O)CC1. The standard InChI is InChI=1S/C9H15NO3S/c1-6(14-2)5-7(11)10-9(3-4-9)8(12)13/h6H,3-5H2,1-2H3,(H,10,11)(H,12,13). The molecule has 1 saturated carbocycles. The van der Waals surface area contributed by atoms with Gasteiger partial charge < -0.3 is 10.4 Å². The number of nitrogens with one attached hydrogen (secondary N) is 1. The number of carbonyl (C=O) groups excluding carboxylic acids is 1. The fraction of sp³-hybridized carbons (Fsp3) is 0.778. The van der Waals surface area contributed by atoms with Crippen molar-refractivity contribution in [3.63, 3.8) is 0 Å². The van der Waals surface area contributed by atoms with E-state index in [4.69, 9.17) is 5.11 Å². The van der Waals surface area contributed by atoms with Crippen molar-refractivity contribution in [1.82, 2.24) is 5.32 Å². The Hall–Kier alpha value is -0.710. The van der Waals surface area contributed by atoms with E-state index in [1.165, 1.54) is 0 Å². The van der Waals surface area contributed by atoms with E-state index in [0.29, 0.717) is 19.3 Å². The molecule has 80 valence electrons. The van der Waals surface area contributed by atoms with Crippen LogP contribution in [0.25, 0.3) is 0 Å². The molecule has 1 amide bonds. The van der Waals surface area contributed by atoms with Crippen molar-refractivity contribution >= 4 is 23.6 Å². The Labute approximate surface area is 87.4 Å². The maximum absolute atomic E-state index is 11.4. The number of aliphatic carboxylic acids is 1. The highest BCUT2D eigenvalue weighted by atomic mass is 32.2. The highest BCUT2D eigenvalue weighted by Gasteiger charge is 2.51. The molecule has 2 N–H and O–H groups in total. The molecule has 5 heteroatoms. The number of carboxylic acid groups (broad SMARTS) is 1. The Morgan fingerprint density at radius 1 is 1.57 bits per heavy atom. The van der Waals surface area contributed by atoms with Crippen molar-refractivity contribution in [2.75, 3.05) is 6.26 Å². The summed E-state index contributed by atoms with van der Waals surface area (Å²) >= 11 is 1.60. The van der Waals surface area contributed by atoms with E-state index in [2.05, 4.69) is 5.32 Å². The molecule has 0 aromatic rings. The minimum absolute atomic E-state index is 0.160. The number of hydrogen-bond acceptors (Lipinski definition) is 3. The van der Waals surface area contributed by atoms with Crippen LogP contribution >= 0.6 is 11.8 Å². The van der Waals surface area contributed by atoms with Gasteiger partial charge in [0.1, 0.15) is 5.54 Å². The van der Waals surface area contributed by atoms with Crippen molar-refractivity contribution in [1.29, 1.82) is 0 Å². The van der Waals surface area contributed by atoms with E-state index >= 15 is 0 Å². The Bertz CT molecular complexity index is 250. The lowest BCUT2D eigenvalue weighted by Gasteiger charge is -2.14. The van der Waals surface area contributed by atoms with Crippen molar-refractivity contribution in [3.05, 3.63) is 0 Å². The van der Waals surface area contributed by atoms with Crippen LogP contribution in [0.3, 0.4) is 0 Å². The zero-order valence-electron chi connectivity index (χ0n) is 8.37. The zero-order valence-corrected chi connectivity index (χ0v) is 9.19. The van der Waals surface area contributed by atoms with E-state index in [0.717, 1.165) is 0 Å². The quantitative estimate of drug-likeness (QED) is 0.717. The lowest BCUT2D eigenvalue weighted by atomic mass is 10.2. The van der Waals surface area contributed by atoms with Crippen LogP contribution in [-0.2, 0) is 9.59 Å². The van der Waals surface area contributed by atoms with Gasteiger partial charge in [0.25, 0.3) is 0 Å². The maximum atomic E-state index is 11.4. The summed E-state index contributed by atoms with van der Waals surface area (Å²) in [5, 5.41) is 11.6. The first-order valence-corrected chi connectivity index (χ1v) is 5.86. The largest absolute Gasteiger partial charge is 0.480 e. The molecule has 0 aromatic heterocycles. The Morgan fingerprint density at radius 2 is 2.14 bits per heavy atom. The van der Waals surface area contributed by atoms with Crippen LogP contribution in [0.15, 0.2) is 0 Å². The van der Waals surface area contributed by atoms with E-state index < -0.39 is 11.5 Å². The molecule has 1 aliphatic rings. The molecule has 0 saturated heterocycles. The molecule has 0 heterocycles. The third-order valence-corrected chi connectivity index (χ3v) is 3.38. The normalized spacial score (nSPS) is 19.9. The van der Waals surface area contributed by atoms with Crippen molar-refractivity contribution in [3.8, 4) is 0 Å². The van der Waals surface area contributed by atoms with E-state index in [-0.39, 0.29) is 11.2 Å². The molecule has 4 nitrogen and oxygen atoms in total. The lowest BCUT2D eigenvalue weighted by Crippen LogP contribution is -2.43. The first kappa shape index (κ1) is 11.4. The maximum Gasteiger partial charge on any atom is 0.329 e. The van der Waals surface area contributed by atoms with Gasteiger partial charge in [0.05, 0.1) is 0 Å².